The van der Waals surface area contributed by atoms with Gasteiger partial charge in [-0.2, -0.15) is 0 Å². The minimum absolute atomic E-state index is 0.194. The first kappa shape index (κ1) is 25.6. The van der Waals surface area contributed by atoms with Gasteiger partial charge in [-0.3, -0.25) is 9.59 Å². The monoisotopic (exact) mass is 507 g/mol. The number of anilines is 1. The number of hydrogen-bond acceptors (Lipinski definition) is 5. The highest BCUT2D eigenvalue weighted by Gasteiger charge is 2.26. The lowest BCUT2D eigenvalue weighted by Crippen LogP contribution is -2.50. The Balaban J connectivity index is 1.50. The maximum Gasteiger partial charge on any atom is 0.409 e. The number of para-hydroxylation sites is 1. The quantitative estimate of drug-likeness (QED) is 0.522. The molecule has 182 valence electrons. The molecule has 3 amide bonds. The van der Waals surface area contributed by atoms with Crippen LogP contribution in [0.1, 0.15) is 30.1 Å². The molecule has 34 heavy (non-hydrogen) atoms. The van der Waals surface area contributed by atoms with Crippen LogP contribution in [0.3, 0.4) is 0 Å². The summed E-state index contributed by atoms with van der Waals surface area (Å²) in [6.07, 6.45) is 0.312. The molecule has 1 aliphatic rings. The zero-order valence-electron chi connectivity index (χ0n) is 18.9. The van der Waals surface area contributed by atoms with Crippen molar-refractivity contribution in [3.05, 3.63) is 58.1 Å². The Hall–Kier alpha value is -2.97. The molecule has 1 N–H and O–H groups in total. The number of hydrogen-bond donors (Lipinski definition) is 1. The molecule has 0 saturated carbocycles. The number of carbonyl (C=O) groups is 3. The number of benzene rings is 2. The lowest BCUT2D eigenvalue weighted by Gasteiger charge is -2.34. The van der Waals surface area contributed by atoms with Crippen LogP contribution in [0, 0.1) is 0 Å². The first-order valence-electron chi connectivity index (χ1n) is 11.1. The molecule has 1 aliphatic heterocycles. The van der Waals surface area contributed by atoms with E-state index in [9.17, 15) is 14.4 Å². The van der Waals surface area contributed by atoms with E-state index in [1.165, 1.54) is 0 Å². The topological polar surface area (TPSA) is 88.2 Å². The number of carbonyl (C=O) groups excluding carboxylic acids is 3. The predicted molar refractivity (Wildman–Crippen MR) is 131 cm³/mol. The van der Waals surface area contributed by atoms with Crippen LogP contribution in [-0.4, -0.2) is 67.1 Å². The van der Waals surface area contributed by atoms with Crippen LogP contribution in [0.4, 0.5) is 10.5 Å². The largest absolute Gasteiger partial charge is 0.492 e. The Labute approximate surface area is 208 Å². The van der Waals surface area contributed by atoms with E-state index in [1.54, 1.807) is 59.2 Å². The summed E-state index contributed by atoms with van der Waals surface area (Å²) in [5, 5.41) is 3.75. The van der Waals surface area contributed by atoms with Crippen LogP contribution in [0.15, 0.2) is 42.5 Å². The van der Waals surface area contributed by atoms with Gasteiger partial charge >= 0.3 is 6.09 Å². The highest BCUT2D eigenvalue weighted by molar-refractivity contribution is 6.35. The van der Waals surface area contributed by atoms with Crippen molar-refractivity contribution in [1.29, 1.82) is 0 Å². The molecule has 2 aromatic carbocycles. The van der Waals surface area contributed by atoms with E-state index in [-0.39, 0.29) is 24.3 Å². The number of nitrogens with zero attached hydrogens (tertiary/aromatic N) is 2. The average molecular weight is 508 g/mol. The van der Waals surface area contributed by atoms with Crippen LogP contribution in [0.2, 0.25) is 10.0 Å². The third-order valence-corrected chi connectivity index (χ3v) is 5.75. The molecule has 0 bridgehead atoms. The van der Waals surface area contributed by atoms with Crippen LogP contribution >= 0.6 is 23.2 Å². The summed E-state index contributed by atoms with van der Waals surface area (Å²) in [6.45, 7) is 3.96. The van der Waals surface area contributed by atoms with Crippen LogP contribution < -0.4 is 10.1 Å². The SMILES string of the molecule is CCOC(=O)N1CCN(C(=O)c2ccccc2NC(=O)CCCOc2ccc(Cl)cc2Cl)CC1. The summed E-state index contributed by atoms with van der Waals surface area (Å²) in [6, 6.07) is 11.8. The van der Waals surface area contributed by atoms with Gasteiger partial charge in [0.1, 0.15) is 5.75 Å². The maximum atomic E-state index is 13.1. The van der Waals surface area contributed by atoms with E-state index < -0.39 is 0 Å². The van der Waals surface area contributed by atoms with Gasteiger partial charge in [-0.25, -0.2) is 4.79 Å². The van der Waals surface area contributed by atoms with E-state index in [4.69, 9.17) is 32.7 Å². The zero-order chi connectivity index (χ0) is 24.5. The van der Waals surface area contributed by atoms with Crippen molar-refractivity contribution in [3.63, 3.8) is 0 Å². The van der Waals surface area contributed by atoms with Crippen molar-refractivity contribution in [2.75, 3.05) is 44.7 Å². The van der Waals surface area contributed by atoms with Gasteiger partial charge in [-0.15, -0.1) is 0 Å². The van der Waals surface area contributed by atoms with Crippen molar-refractivity contribution < 1.29 is 23.9 Å². The van der Waals surface area contributed by atoms with Crippen LogP contribution in [0.5, 0.6) is 5.75 Å². The lowest BCUT2D eigenvalue weighted by atomic mass is 10.1. The van der Waals surface area contributed by atoms with Crippen molar-refractivity contribution in [1.82, 2.24) is 9.80 Å². The Morgan fingerprint density at radius 2 is 1.71 bits per heavy atom. The Morgan fingerprint density at radius 1 is 1.00 bits per heavy atom. The number of halogens is 2. The predicted octanol–water partition coefficient (Wildman–Crippen LogP) is 4.71. The van der Waals surface area contributed by atoms with Crippen molar-refractivity contribution >= 4 is 46.8 Å². The number of rotatable bonds is 8. The fraction of sp³-hybridized carbons (Fsp3) is 0.375. The summed E-state index contributed by atoms with van der Waals surface area (Å²) in [5.41, 5.74) is 0.858. The number of amides is 3. The molecule has 10 heteroatoms. The van der Waals surface area contributed by atoms with Gasteiger partial charge in [0, 0.05) is 37.6 Å². The molecule has 1 saturated heterocycles. The van der Waals surface area contributed by atoms with Crippen LogP contribution in [0.25, 0.3) is 0 Å². The van der Waals surface area contributed by atoms with Gasteiger partial charge in [-0.05, 0) is 43.7 Å². The standard InChI is InChI=1S/C24H27Cl2N3O5/c1-2-33-24(32)29-13-11-28(12-14-29)23(31)18-6-3-4-7-20(18)27-22(30)8-5-15-34-21-10-9-17(25)16-19(21)26/h3-4,6-7,9-10,16H,2,5,8,11-15H2,1H3,(H,27,30). The molecule has 8 nitrogen and oxygen atoms in total. The summed E-state index contributed by atoms with van der Waals surface area (Å²) >= 11 is 11.9. The van der Waals surface area contributed by atoms with E-state index in [1.807, 2.05) is 0 Å². The molecule has 3 rings (SSSR count). The van der Waals surface area contributed by atoms with E-state index in [0.29, 0.717) is 72.9 Å². The number of ether oxygens (including phenoxy) is 2. The van der Waals surface area contributed by atoms with Gasteiger partial charge in [0.05, 0.1) is 29.5 Å². The first-order valence-corrected chi connectivity index (χ1v) is 11.8. The third-order valence-electron chi connectivity index (χ3n) is 5.22. The molecule has 2 aromatic rings. The highest BCUT2D eigenvalue weighted by atomic mass is 35.5. The first-order chi connectivity index (χ1) is 16.4. The molecule has 0 atom stereocenters. The van der Waals surface area contributed by atoms with Crippen molar-refractivity contribution in [2.45, 2.75) is 19.8 Å². The molecule has 1 fully saturated rings. The van der Waals surface area contributed by atoms with Gasteiger partial charge in [-0.1, -0.05) is 35.3 Å². The van der Waals surface area contributed by atoms with Crippen LogP contribution in [-0.2, 0) is 9.53 Å². The summed E-state index contributed by atoms with van der Waals surface area (Å²) in [5.74, 6) is 0.0868. The van der Waals surface area contributed by atoms with Gasteiger partial charge in [0.25, 0.3) is 5.91 Å². The number of nitrogens with one attached hydrogen (secondary N) is 1. The van der Waals surface area contributed by atoms with E-state index in [2.05, 4.69) is 5.32 Å². The second kappa shape index (κ2) is 12.5. The minimum Gasteiger partial charge on any atom is -0.492 e. The molecule has 1 heterocycles. The minimum atomic E-state index is -0.371. The molecule has 0 radical (unpaired) electrons. The van der Waals surface area contributed by atoms with Gasteiger partial charge < -0.3 is 24.6 Å². The van der Waals surface area contributed by atoms with E-state index in [0.717, 1.165) is 0 Å². The maximum absolute atomic E-state index is 13.1. The third kappa shape index (κ3) is 7.01. The van der Waals surface area contributed by atoms with E-state index >= 15 is 0 Å². The zero-order valence-corrected chi connectivity index (χ0v) is 20.4. The Kier molecular flexibility index (Phi) is 9.42. The average Bonchev–Trinajstić information content (AvgIpc) is 2.83. The molecule has 0 aliphatic carbocycles. The fourth-order valence-corrected chi connectivity index (χ4v) is 3.94. The lowest BCUT2D eigenvalue weighted by molar-refractivity contribution is -0.116. The molecular weight excluding hydrogens is 481 g/mol. The Morgan fingerprint density at radius 3 is 2.41 bits per heavy atom. The second-order valence-electron chi connectivity index (χ2n) is 7.60. The Bertz CT molecular complexity index is 1030. The fourth-order valence-electron chi connectivity index (χ4n) is 3.48. The highest BCUT2D eigenvalue weighted by Crippen LogP contribution is 2.27. The van der Waals surface area contributed by atoms with Crippen molar-refractivity contribution in [3.8, 4) is 5.75 Å². The van der Waals surface area contributed by atoms with Crippen molar-refractivity contribution in [2.24, 2.45) is 0 Å². The normalized spacial score (nSPS) is 13.4. The summed E-state index contributed by atoms with van der Waals surface area (Å²) in [4.78, 5) is 40.7. The summed E-state index contributed by atoms with van der Waals surface area (Å²) < 4.78 is 10.6. The molecule has 0 spiro atoms. The second-order valence-corrected chi connectivity index (χ2v) is 8.44. The van der Waals surface area contributed by atoms with Gasteiger partial charge in [0.15, 0.2) is 0 Å². The molecular formula is C24H27Cl2N3O5. The number of piperazine rings is 1. The molecule has 0 unspecified atom stereocenters. The smallest absolute Gasteiger partial charge is 0.409 e. The summed E-state index contributed by atoms with van der Waals surface area (Å²) in [7, 11) is 0. The van der Waals surface area contributed by atoms with Gasteiger partial charge in [0.2, 0.25) is 5.91 Å². The molecule has 0 aromatic heterocycles.